The number of anilines is 1. The Bertz CT molecular complexity index is 1040. The van der Waals surface area contributed by atoms with E-state index in [2.05, 4.69) is 22.1 Å². The fourth-order valence-electron chi connectivity index (χ4n) is 3.65. The summed E-state index contributed by atoms with van der Waals surface area (Å²) in [6, 6.07) is 4.40. The average molecular weight is 526 g/mol. The van der Waals surface area contributed by atoms with Crippen LogP contribution in [0.1, 0.15) is 36.8 Å². The van der Waals surface area contributed by atoms with Crippen molar-refractivity contribution >= 4 is 57.4 Å². The van der Waals surface area contributed by atoms with Crippen LogP contribution in [-0.4, -0.2) is 82.7 Å². The monoisotopic (exact) mass is 525 g/mol. The van der Waals surface area contributed by atoms with Crippen molar-refractivity contribution in [2.75, 3.05) is 44.6 Å². The highest BCUT2D eigenvalue weighted by molar-refractivity contribution is 7.13. The van der Waals surface area contributed by atoms with Crippen LogP contribution in [0.15, 0.2) is 23.6 Å². The zero-order chi connectivity index (χ0) is 24.8. The Balaban J connectivity index is 1.56. The lowest BCUT2D eigenvalue weighted by atomic mass is 10.1. The molecule has 1 aromatic carbocycles. The van der Waals surface area contributed by atoms with E-state index in [9.17, 15) is 14.4 Å². The third-order valence-corrected chi connectivity index (χ3v) is 7.02. The van der Waals surface area contributed by atoms with Gasteiger partial charge >= 0.3 is 0 Å². The largest absolute Gasteiger partial charge is 0.340 e. The zero-order valence-corrected chi connectivity index (χ0v) is 21.8. The van der Waals surface area contributed by atoms with Crippen molar-refractivity contribution in [2.24, 2.45) is 0 Å². The van der Waals surface area contributed by atoms with E-state index in [4.69, 9.17) is 23.2 Å². The van der Waals surface area contributed by atoms with Crippen LogP contribution in [0.4, 0.5) is 5.13 Å². The summed E-state index contributed by atoms with van der Waals surface area (Å²) in [5.41, 5.74) is 0.898. The molecule has 0 atom stereocenters. The molecule has 11 heteroatoms. The number of nitrogens with one attached hydrogen (secondary N) is 1. The molecule has 1 aromatic heterocycles. The van der Waals surface area contributed by atoms with Gasteiger partial charge in [0.2, 0.25) is 11.8 Å². The topological polar surface area (TPSA) is 85.9 Å². The third-order valence-electron chi connectivity index (χ3n) is 5.66. The predicted molar refractivity (Wildman–Crippen MR) is 136 cm³/mol. The maximum atomic E-state index is 13.0. The van der Waals surface area contributed by atoms with Gasteiger partial charge in [0.05, 0.1) is 22.7 Å². The molecule has 1 aliphatic rings. The van der Waals surface area contributed by atoms with Gasteiger partial charge in [0.15, 0.2) is 5.13 Å². The van der Waals surface area contributed by atoms with E-state index in [1.807, 2.05) is 18.7 Å². The SMILES string of the molecule is CCN1CCN(C(=O)Cc2csc(NC(=O)CN(C(=O)c3ccc(Cl)cc3Cl)C(C)C)n2)CC1. The van der Waals surface area contributed by atoms with Crippen LogP contribution < -0.4 is 5.32 Å². The number of piperazine rings is 1. The number of benzene rings is 1. The van der Waals surface area contributed by atoms with Crippen LogP contribution in [-0.2, 0) is 16.0 Å². The Labute approximate surface area is 213 Å². The molecule has 0 saturated carbocycles. The van der Waals surface area contributed by atoms with Crippen molar-refractivity contribution in [1.29, 1.82) is 0 Å². The number of carbonyl (C=O) groups excluding carboxylic acids is 3. The second kappa shape index (κ2) is 12.0. The summed E-state index contributed by atoms with van der Waals surface area (Å²) < 4.78 is 0. The highest BCUT2D eigenvalue weighted by Gasteiger charge is 2.25. The molecule has 3 amide bonds. The molecule has 184 valence electrons. The van der Waals surface area contributed by atoms with Crippen molar-refractivity contribution in [2.45, 2.75) is 33.2 Å². The van der Waals surface area contributed by atoms with Crippen molar-refractivity contribution in [3.05, 3.63) is 44.9 Å². The Kier molecular flexibility index (Phi) is 9.30. The van der Waals surface area contributed by atoms with Crippen LogP contribution in [0.2, 0.25) is 10.0 Å². The Morgan fingerprint density at radius 3 is 2.50 bits per heavy atom. The van der Waals surface area contributed by atoms with E-state index in [0.29, 0.717) is 15.8 Å². The minimum Gasteiger partial charge on any atom is -0.340 e. The molecule has 34 heavy (non-hydrogen) atoms. The predicted octanol–water partition coefficient (Wildman–Crippen LogP) is 3.65. The molecule has 0 unspecified atom stereocenters. The summed E-state index contributed by atoms with van der Waals surface area (Å²) in [5, 5.41) is 5.56. The van der Waals surface area contributed by atoms with Crippen LogP contribution >= 0.6 is 34.5 Å². The van der Waals surface area contributed by atoms with Gasteiger partial charge in [0, 0.05) is 42.6 Å². The van der Waals surface area contributed by atoms with Gasteiger partial charge in [-0.1, -0.05) is 30.1 Å². The summed E-state index contributed by atoms with van der Waals surface area (Å²) in [4.78, 5) is 48.2. The number of thiazole rings is 1. The van der Waals surface area contributed by atoms with E-state index in [0.717, 1.165) is 32.7 Å². The summed E-state index contributed by atoms with van der Waals surface area (Å²) in [6.07, 6.45) is 0.199. The summed E-state index contributed by atoms with van der Waals surface area (Å²) in [6.45, 7) is 9.79. The number of halogens is 2. The van der Waals surface area contributed by atoms with E-state index < -0.39 is 0 Å². The maximum absolute atomic E-state index is 13.0. The molecule has 1 fully saturated rings. The molecule has 0 spiro atoms. The van der Waals surface area contributed by atoms with E-state index in [1.54, 1.807) is 17.5 Å². The van der Waals surface area contributed by atoms with Crippen molar-refractivity contribution in [3.8, 4) is 0 Å². The van der Waals surface area contributed by atoms with Crippen LogP contribution in [0.3, 0.4) is 0 Å². The number of hydrogen-bond acceptors (Lipinski definition) is 6. The first kappa shape index (κ1) is 26.4. The van der Waals surface area contributed by atoms with Gasteiger partial charge in [0.25, 0.3) is 5.91 Å². The van der Waals surface area contributed by atoms with Gasteiger partial charge in [-0.05, 0) is 38.6 Å². The summed E-state index contributed by atoms with van der Waals surface area (Å²) in [5.74, 6) is -0.703. The minimum atomic E-state index is -0.380. The van der Waals surface area contributed by atoms with Gasteiger partial charge in [-0.25, -0.2) is 4.98 Å². The number of hydrogen-bond donors (Lipinski definition) is 1. The second-order valence-corrected chi connectivity index (χ2v) is 10.0. The number of rotatable bonds is 8. The summed E-state index contributed by atoms with van der Waals surface area (Å²) >= 11 is 13.4. The van der Waals surface area contributed by atoms with Gasteiger partial charge in [-0.15, -0.1) is 11.3 Å². The van der Waals surface area contributed by atoms with Crippen LogP contribution in [0.25, 0.3) is 0 Å². The number of carbonyl (C=O) groups is 3. The van der Waals surface area contributed by atoms with Crippen molar-refractivity contribution in [3.63, 3.8) is 0 Å². The van der Waals surface area contributed by atoms with Gasteiger partial charge in [-0.3, -0.25) is 14.4 Å². The summed E-state index contributed by atoms with van der Waals surface area (Å²) in [7, 11) is 0. The third kappa shape index (κ3) is 6.91. The van der Waals surface area contributed by atoms with Crippen LogP contribution in [0.5, 0.6) is 0 Å². The number of aromatic nitrogens is 1. The molecular weight excluding hydrogens is 497 g/mol. The fraction of sp³-hybridized carbons (Fsp3) is 0.478. The van der Waals surface area contributed by atoms with Gasteiger partial charge in [0.1, 0.15) is 6.54 Å². The zero-order valence-electron chi connectivity index (χ0n) is 19.5. The highest BCUT2D eigenvalue weighted by Crippen LogP contribution is 2.23. The molecule has 1 N–H and O–H groups in total. The van der Waals surface area contributed by atoms with E-state index in [-0.39, 0.29) is 47.3 Å². The molecule has 1 aliphatic heterocycles. The average Bonchev–Trinajstić information content (AvgIpc) is 3.23. The molecule has 8 nitrogen and oxygen atoms in total. The smallest absolute Gasteiger partial charge is 0.256 e. The lowest BCUT2D eigenvalue weighted by Crippen LogP contribution is -2.48. The molecule has 0 aliphatic carbocycles. The Morgan fingerprint density at radius 2 is 1.88 bits per heavy atom. The normalized spacial score (nSPS) is 14.4. The Hall–Kier alpha value is -2.20. The first-order valence-electron chi connectivity index (χ1n) is 11.2. The minimum absolute atomic E-state index is 0.0374. The van der Waals surface area contributed by atoms with Crippen molar-refractivity contribution < 1.29 is 14.4 Å². The fourth-order valence-corrected chi connectivity index (χ4v) is 4.86. The van der Waals surface area contributed by atoms with Gasteiger partial charge in [-0.2, -0.15) is 0 Å². The van der Waals surface area contributed by atoms with Gasteiger partial charge < -0.3 is 20.0 Å². The molecular formula is C23H29Cl2N5O3S. The molecule has 2 aromatic rings. The van der Waals surface area contributed by atoms with E-state index in [1.165, 1.54) is 22.3 Å². The standard InChI is InChI=1S/C23H29Cl2N5O3S/c1-4-28-7-9-29(10-8-28)21(32)12-17-14-34-23(26-17)27-20(31)13-30(15(2)3)22(33)18-6-5-16(24)11-19(18)25/h5-6,11,14-15H,4,7-10,12-13H2,1-3H3,(H,26,27,31). The molecule has 3 rings (SSSR count). The van der Waals surface area contributed by atoms with Crippen LogP contribution in [0, 0.1) is 0 Å². The molecule has 0 radical (unpaired) electrons. The number of amides is 3. The van der Waals surface area contributed by atoms with Crippen molar-refractivity contribution in [1.82, 2.24) is 19.7 Å². The lowest BCUT2D eigenvalue weighted by molar-refractivity contribution is -0.132. The Morgan fingerprint density at radius 1 is 1.18 bits per heavy atom. The molecule has 1 saturated heterocycles. The second-order valence-electron chi connectivity index (χ2n) is 8.33. The molecule has 0 bridgehead atoms. The maximum Gasteiger partial charge on any atom is 0.256 e. The first-order valence-corrected chi connectivity index (χ1v) is 12.8. The number of nitrogens with zero attached hydrogens (tertiary/aromatic N) is 4. The first-order chi connectivity index (χ1) is 16.2. The van der Waals surface area contributed by atoms with E-state index >= 15 is 0 Å². The number of likely N-dealkylation sites (N-methyl/N-ethyl adjacent to an activating group) is 1. The highest BCUT2D eigenvalue weighted by atomic mass is 35.5. The lowest BCUT2D eigenvalue weighted by Gasteiger charge is -2.34. The molecule has 2 heterocycles. The quantitative estimate of drug-likeness (QED) is 0.568.